The Hall–Kier alpha value is -3.93. The Labute approximate surface area is 495 Å². The number of hydrogen-bond donors (Lipinski definition) is 0. The van der Waals surface area contributed by atoms with Crippen molar-refractivity contribution in [1.29, 1.82) is 0 Å². The highest BCUT2D eigenvalue weighted by molar-refractivity contribution is 5.71. The van der Waals surface area contributed by atoms with Gasteiger partial charge in [0.15, 0.2) is 6.10 Å². The van der Waals surface area contributed by atoms with Crippen molar-refractivity contribution in [3.05, 3.63) is 109 Å². The summed E-state index contributed by atoms with van der Waals surface area (Å²) >= 11 is 0. The fourth-order valence-corrected chi connectivity index (χ4v) is 9.41. The highest BCUT2D eigenvalue weighted by atomic mass is 16.6. The lowest BCUT2D eigenvalue weighted by Gasteiger charge is -2.18. The smallest absolute Gasteiger partial charge is 0.306 e. The number of esters is 3. The third kappa shape index (κ3) is 64.9. The molecule has 1 unspecified atom stereocenters. The van der Waals surface area contributed by atoms with Crippen molar-refractivity contribution in [2.75, 3.05) is 13.2 Å². The van der Waals surface area contributed by atoms with Crippen LogP contribution in [0.3, 0.4) is 0 Å². The van der Waals surface area contributed by atoms with Crippen LogP contribution in [-0.4, -0.2) is 37.2 Å². The van der Waals surface area contributed by atoms with Gasteiger partial charge in [-0.25, -0.2) is 0 Å². The van der Waals surface area contributed by atoms with Gasteiger partial charge >= 0.3 is 17.9 Å². The van der Waals surface area contributed by atoms with Gasteiger partial charge in [-0.05, 0) is 128 Å². The van der Waals surface area contributed by atoms with E-state index in [-0.39, 0.29) is 31.1 Å². The highest BCUT2D eigenvalue weighted by Gasteiger charge is 2.19. The molecule has 0 aromatic heterocycles. The lowest BCUT2D eigenvalue weighted by Crippen LogP contribution is -2.30. The van der Waals surface area contributed by atoms with Gasteiger partial charge in [0.2, 0.25) is 0 Å². The van der Waals surface area contributed by atoms with Gasteiger partial charge in [-0.1, -0.05) is 284 Å². The van der Waals surface area contributed by atoms with E-state index in [0.717, 1.165) is 109 Å². The third-order valence-electron chi connectivity index (χ3n) is 14.5. The van der Waals surface area contributed by atoms with Gasteiger partial charge in [-0.3, -0.25) is 14.4 Å². The SMILES string of the molecule is CC/C=C\C/C=C\C/C=C\C/C=C\C/C=C\C/C=C\C/C=C\CCCCCC(=O)OCC(COC(=O)CCCCCCCCC/C=C\CCCCCCCCC)OC(=O)CCCCCCCCCCC/C=C\CCCCCCCC. The Morgan fingerprint density at radius 3 is 0.787 bits per heavy atom. The van der Waals surface area contributed by atoms with E-state index in [1.807, 2.05) is 0 Å². The zero-order valence-corrected chi connectivity index (χ0v) is 52.6. The normalized spacial score (nSPS) is 12.8. The maximum Gasteiger partial charge on any atom is 0.306 e. The maximum atomic E-state index is 12.9. The quantitative estimate of drug-likeness (QED) is 0.0261. The molecule has 0 aliphatic carbocycles. The summed E-state index contributed by atoms with van der Waals surface area (Å²) in [6.45, 7) is 6.52. The van der Waals surface area contributed by atoms with Crippen LogP contribution in [0.4, 0.5) is 0 Å². The monoisotopic (exact) mass is 1110 g/mol. The Balaban J connectivity index is 4.45. The molecule has 0 aliphatic heterocycles. The molecular formula is C74H126O6. The molecule has 0 radical (unpaired) electrons. The predicted octanol–water partition coefficient (Wildman–Crippen LogP) is 23.4. The first-order valence-corrected chi connectivity index (χ1v) is 33.9. The fourth-order valence-electron chi connectivity index (χ4n) is 9.41. The Morgan fingerprint density at radius 2 is 0.487 bits per heavy atom. The summed E-state index contributed by atoms with van der Waals surface area (Å²) in [6.07, 6.45) is 92.4. The first kappa shape index (κ1) is 76.1. The molecule has 0 spiro atoms. The summed E-state index contributed by atoms with van der Waals surface area (Å²) in [7, 11) is 0. The van der Waals surface area contributed by atoms with Gasteiger partial charge in [0, 0.05) is 19.3 Å². The van der Waals surface area contributed by atoms with E-state index in [1.165, 1.54) is 173 Å². The van der Waals surface area contributed by atoms with E-state index in [1.54, 1.807) is 0 Å². The zero-order chi connectivity index (χ0) is 57.8. The van der Waals surface area contributed by atoms with Crippen molar-refractivity contribution in [3.63, 3.8) is 0 Å². The maximum absolute atomic E-state index is 12.9. The fraction of sp³-hybridized carbons (Fsp3) is 0.716. The zero-order valence-electron chi connectivity index (χ0n) is 52.6. The van der Waals surface area contributed by atoms with E-state index in [0.29, 0.717) is 19.3 Å². The minimum absolute atomic E-state index is 0.0915. The molecule has 1 atom stereocenters. The second-order valence-corrected chi connectivity index (χ2v) is 22.3. The number of carbonyl (C=O) groups excluding carboxylic acids is 3. The van der Waals surface area contributed by atoms with Crippen LogP contribution in [0.15, 0.2) is 109 Å². The minimum Gasteiger partial charge on any atom is -0.462 e. The van der Waals surface area contributed by atoms with Gasteiger partial charge in [0.1, 0.15) is 13.2 Å². The molecule has 0 aliphatic rings. The van der Waals surface area contributed by atoms with Crippen molar-refractivity contribution < 1.29 is 28.6 Å². The molecule has 0 amide bonds. The Morgan fingerprint density at radius 1 is 0.263 bits per heavy atom. The van der Waals surface area contributed by atoms with Crippen LogP contribution in [0.5, 0.6) is 0 Å². The first-order valence-electron chi connectivity index (χ1n) is 33.9. The van der Waals surface area contributed by atoms with Crippen LogP contribution in [0.1, 0.15) is 323 Å². The minimum atomic E-state index is -0.798. The number of allylic oxidation sites excluding steroid dienone is 18. The Bertz CT molecular complexity index is 1610. The lowest BCUT2D eigenvalue weighted by molar-refractivity contribution is -0.167. The van der Waals surface area contributed by atoms with Crippen LogP contribution < -0.4 is 0 Å². The van der Waals surface area contributed by atoms with E-state index < -0.39 is 6.10 Å². The van der Waals surface area contributed by atoms with Crippen LogP contribution in [-0.2, 0) is 28.6 Å². The third-order valence-corrected chi connectivity index (χ3v) is 14.5. The van der Waals surface area contributed by atoms with Crippen molar-refractivity contribution in [2.45, 2.75) is 329 Å². The van der Waals surface area contributed by atoms with Gasteiger partial charge in [0.05, 0.1) is 0 Å². The first-order chi connectivity index (χ1) is 39.5. The number of ether oxygens (including phenoxy) is 3. The van der Waals surface area contributed by atoms with E-state index in [2.05, 4.69) is 130 Å². The van der Waals surface area contributed by atoms with Crippen molar-refractivity contribution in [2.24, 2.45) is 0 Å². The highest BCUT2D eigenvalue weighted by Crippen LogP contribution is 2.16. The summed E-state index contributed by atoms with van der Waals surface area (Å²) in [4.78, 5) is 38.4. The standard InChI is InChI=1S/C74H126O6/c1-4-7-10-13-16-19-22-25-28-31-34-35-36-37-38-39-41-43-46-49-52-55-58-61-64-67-73(76)79-70-71(69-78-72(75)66-63-60-57-54-51-48-45-42-33-30-27-24-21-18-15-12-9-6-3)80-74(77)68-65-62-59-56-53-50-47-44-40-32-29-26-23-20-17-14-11-8-5-2/h7,10,16,19,25-26,28-30,33-35,37-38,41,43,49,52,71H,4-6,8-9,11-15,17-18,20-24,27,31-32,36,39-40,42,44-48,50-51,53-70H2,1-3H3/b10-7-,19-16-,28-25-,29-26-,33-30-,35-34-,38-37-,43-41-,52-49-. The van der Waals surface area contributed by atoms with E-state index in [9.17, 15) is 14.4 Å². The predicted molar refractivity (Wildman–Crippen MR) is 348 cm³/mol. The molecule has 6 nitrogen and oxygen atoms in total. The number of unbranched alkanes of at least 4 members (excludes halogenated alkanes) is 32. The average Bonchev–Trinajstić information content (AvgIpc) is 3.46. The molecule has 0 bridgehead atoms. The van der Waals surface area contributed by atoms with Crippen LogP contribution in [0, 0.1) is 0 Å². The molecule has 80 heavy (non-hydrogen) atoms. The second kappa shape index (κ2) is 67.6. The number of rotatable bonds is 61. The number of carbonyl (C=O) groups is 3. The molecule has 0 aromatic carbocycles. The topological polar surface area (TPSA) is 78.9 Å². The van der Waals surface area contributed by atoms with E-state index >= 15 is 0 Å². The molecule has 0 fully saturated rings. The summed E-state index contributed by atoms with van der Waals surface area (Å²) < 4.78 is 16.9. The van der Waals surface area contributed by atoms with Gasteiger partial charge in [-0.15, -0.1) is 0 Å². The second-order valence-electron chi connectivity index (χ2n) is 22.3. The summed E-state index contributed by atoms with van der Waals surface area (Å²) in [5.74, 6) is -0.921. The largest absolute Gasteiger partial charge is 0.462 e. The summed E-state index contributed by atoms with van der Waals surface area (Å²) in [5.41, 5.74) is 0. The molecule has 0 aromatic rings. The summed E-state index contributed by atoms with van der Waals surface area (Å²) in [6, 6.07) is 0. The molecule has 458 valence electrons. The van der Waals surface area contributed by atoms with Crippen molar-refractivity contribution in [1.82, 2.24) is 0 Å². The molecule has 0 N–H and O–H groups in total. The Kier molecular flexibility index (Phi) is 64.3. The van der Waals surface area contributed by atoms with Gasteiger partial charge < -0.3 is 14.2 Å². The molecule has 0 heterocycles. The van der Waals surface area contributed by atoms with Gasteiger partial charge in [-0.2, -0.15) is 0 Å². The van der Waals surface area contributed by atoms with E-state index in [4.69, 9.17) is 14.2 Å². The van der Waals surface area contributed by atoms with Crippen molar-refractivity contribution >= 4 is 17.9 Å². The molecule has 0 saturated heterocycles. The molecule has 0 saturated carbocycles. The summed E-state index contributed by atoms with van der Waals surface area (Å²) in [5, 5.41) is 0. The molecular weight excluding hydrogens is 985 g/mol. The molecule has 0 rings (SSSR count). The van der Waals surface area contributed by atoms with Crippen LogP contribution in [0.25, 0.3) is 0 Å². The number of hydrogen-bond acceptors (Lipinski definition) is 6. The van der Waals surface area contributed by atoms with Crippen molar-refractivity contribution in [3.8, 4) is 0 Å². The average molecular weight is 1110 g/mol. The van der Waals surface area contributed by atoms with Crippen LogP contribution in [0.2, 0.25) is 0 Å². The van der Waals surface area contributed by atoms with Gasteiger partial charge in [0.25, 0.3) is 0 Å². The molecule has 6 heteroatoms. The van der Waals surface area contributed by atoms with Crippen LogP contribution >= 0.6 is 0 Å². The lowest BCUT2D eigenvalue weighted by atomic mass is 10.1.